The van der Waals surface area contributed by atoms with Crippen molar-refractivity contribution in [2.45, 2.75) is 63.7 Å². The van der Waals surface area contributed by atoms with E-state index >= 15 is 0 Å². The third-order valence-corrected chi connectivity index (χ3v) is 7.14. The Kier molecular flexibility index (Phi) is 12.3. The van der Waals surface area contributed by atoms with Crippen molar-refractivity contribution in [2.24, 2.45) is 5.73 Å². The summed E-state index contributed by atoms with van der Waals surface area (Å²) in [5.41, 5.74) is 5.87. The second-order valence-corrected chi connectivity index (χ2v) is 11.4. The minimum atomic E-state index is -1.44. The first-order valence-electron chi connectivity index (χ1n) is 14.6. The summed E-state index contributed by atoms with van der Waals surface area (Å²) in [7, 11) is 0. The summed E-state index contributed by atoms with van der Waals surface area (Å²) in [5, 5.41) is 10.0. The molecule has 0 aliphatic heterocycles. The summed E-state index contributed by atoms with van der Waals surface area (Å²) in [6, 6.07) is 19.2. The smallest absolute Gasteiger partial charge is 0.290 e. The Labute approximate surface area is 266 Å². The molecular formula is C34H38FN5O6. The molecule has 0 saturated carbocycles. The van der Waals surface area contributed by atoms with Crippen LogP contribution in [0.15, 0.2) is 84.9 Å². The van der Waals surface area contributed by atoms with Crippen LogP contribution in [0.2, 0.25) is 0 Å². The second-order valence-electron chi connectivity index (χ2n) is 11.4. The molecule has 0 bridgehead atoms. The van der Waals surface area contributed by atoms with Gasteiger partial charge in [0.25, 0.3) is 5.91 Å². The number of ketones is 1. The number of rotatable bonds is 15. The molecule has 0 aromatic heterocycles. The predicted octanol–water partition coefficient (Wildman–Crippen LogP) is 1.28. The fourth-order valence-electron chi connectivity index (χ4n) is 4.41. The van der Waals surface area contributed by atoms with E-state index in [1.54, 1.807) is 60.7 Å². The van der Waals surface area contributed by atoms with Crippen LogP contribution in [0.4, 0.5) is 4.39 Å². The predicted molar refractivity (Wildman–Crippen MR) is 168 cm³/mol. The molecule has 0 aliphatic carbocycles. The number of nitrogens with one attached hydrogen (secondary N) is 4. The van der Waals surface area contributed by atoms with Gasteiger partial charge in [0, 0.05) is 12.8 Å². The van der Waals surface area contributed by atoms with Crippen molar-refractivity contribution < 1.29 is 33.2 Å². The van der Waals surface area contributed by atoms with E-state index in [1.807, 2.05) is 0 Å². The fourth-order valence-corrected chi connectivity index (χ4v) is 4.41. The third-order valence-electron chi connectivity index (χ3n) is 7.14. The molecule has 0 saturated heterocycles. The van der Waals surface area contributed by atoms with E-state index in [1.165, 1.54) is 45.0 Å². The van der Waals surface area contributed by atoms with Gasteiger partial charge < -0.3 is 27.0 Å². The Bertz CT molecular complexity index is 1550. The number of benzene rings is 3. The Morgan fingerprint density at radius 3 is 1.74 bits per heavy atom. The van der Waals surface area contributed by atoms with Crippen molar-refractivity contribution in [1.29, 1.82) is 0 Å². The molecule has 46 heavy (non-hydrogen) atoms. The van der Waals surface area contributed by atoms with Crippen molar-refractivity contribution in [1.82, 2.24) is 21.3 Å². The Morgan fingerprint density at radius 1 is 0.696 bits per heavy atom. The molecule has 1 unspecified atom stereocenters. The van der Waals surface area contributed by atoms with E-state index in [9.17, 15) is 33.2 Å². The molecule has 12 heteroatoms. The molecule has 242 valence electrons. The van der Waals surface area contributed by atoms with Crippen LogP contribution in [0.3, 0.4) is 0 Å². The molecule has 0 spiro atoms. The lowest BCUT2D eigenvalue weighted by atomic mass is 10.0. The summed E-state index contributed by atoms with van der Waals surface area (Å²) >= 11 is 0. The van der Waals surface area contributed by atoms with E-state index in [0.29, 0.717) is 11.1 Å². The van der Waals surface area contributed by atoms with Gasteiger partial charge in [-0.3, -0.25) is 28.8 Å². The number of hydrogen-bond donors (Lipinski definition) is 5. The number of halogens is 1. The highest BCUT2D eigenvalue weighted by atomic mass is 19.1. The van der Waals surface area contributed by atoms with Crippen molar-refractivity contribution in [3.05, 3.63) is 107 Å². The van der Waals surface area contributed by atoms with Crippen LogP contribution >= 0.6 is 0 Å². The highest BCUT2D eigenvalue weighted by molar-refractivity contribution is 6.38. The van der Waals surface area contributed by atoms with Gasteiger partial charge in [-0.15, -0.1) is 0 Å². The fraction of sp³-hybridized carbons (Fsp3) is 0.294. The Hall–Kier alpha value is -5.39. The summed E-state index contributed by atoms with van der Waals surface area (Å²) in [6.45, 7) is 4.10. The van der Waals surface area contributed by atoms with Crippen LogP contribution < -0.4 is 27.0 Å². The Morgan fingerprint density at radius 2 is 1.20 bits per heavy atom. The lowest BCUT2D eigenvalue weighted by Crippen LogP contribution is -2.60. The zero-order valence-electron chi connectivity index (χ0n) is 25.8. The average molecular weight is 632 g/mol. The highest BCUT2D eigenvalue weighted by Crippen LogP contribution is 2.09. The summed E-state index contributed by atoms with van der Waals surface area (Å²) < 4.78 is 13.5. The standard InChI is InChI=1S/C34H38FN5O6/c1-21(29(42)32(45)39-27(18-22-10-6-4-7-11-22)31(44)40-34(2,3)33(36)46)37-30(43)26(19-24-14-16-25(35)17-15-24)38-28(41)20-23-12-8-5-9-13-23/h4-17,21,26-27H,18-20H2,1-3H3,(H2,36,46)(H,37,43)(H,38,41)(H,39,45)(H,40,44)/t21?,26-,27-/m0/s1. The van der Waals surface area contributed by atoms with Gasteiger partial charge in [0.15, 0.2) is 0 Å². The molecule has 0 heterocycles. The molecule has 0 radical (unpaired) electrons. The Balaban J connectivity index is 1.72. The molecule has 3 aromatic carbocycles. The summed E-state index contributed by atoms with van der Waals surface area (Å²) in [6.07, 6.45) is -0.0362. The molecule has 5 amide bonds. The van der Waals surface area contributed by atoms with E-state index in [4.69, 9.17) is 5.73 Å². The summed E-state index contributed by atoms with van der Waals surface area (Å²) in [4.78, 5) is 77.2. The van der Waals surface area contributed by atoms with Gasteiger partial charge in [-0.1, -0.05) is 72.8 Å². The van der Waals surface area contributed by atoms with Gasteiger partial charge in [0.1, 0.15) is 23.4 Å². The number of primary amides is 1. The first-order valence-corrected chi connectivity index (χ1v) is 14.6. The molecule has 3 atom stereocenters. The largest absolute Gasteiger partial charge is 0.368 e. The van der Waals surface area contributed by atoms with E-state index in [2.05, 4.69) is 21.3 Å². The van der Waals surface area contributed by atoms with E-state index < -0.39 is 64.8 Å². The third kappa shape index (κ3) is 10.7. The molecule has 6 N–H and O–H groups in total. The zero-order valence-corrected chi connectivity index (χ0v) is 25.8. The van der Waals surface area contributed by atoms with Crippen LogP contribution in [0.5, 0.6) is 0 Å². The zero-order chi connectivity index (χ0) is 33.9. The van der Waals surface area contributed by atoms with Gasteiger partial charge in [0.2, 0.25) is 29.4 Å². The maximum atomic E-state index is 13.5. The quantitative estimate of drug-likeness (QED) is 0.158. The van der Waals surface area contributed by atoms with Gasteiger partial charge in [-0.05, 0) is 49.6 Å². The SMILES string of the molecule is CC(NC(=O)[C@H](Cc1ccc(F)cc1)NC(=O)Cc1ccccc1)C(=O)C(=O)N[C@@H](Cc1ccccc1)C(=O)NC(C)(C)C(N)=O. The monoisotopic (exact) mass is 631 g/mol. The maximum Gasteiger partial charge on any atom is 0.290 e. The van der Waals surface area contributed by atoms with Gasteiger partial charge in [-0.2, -0.15) is 0 Å². The molecular weight excluding hydrogens is 593 g/mol. The number of Topliss-reactive ketones (excluding diaryl/α,β-unsaturated/α-hetero) is 1. The van der Waals surface area contributed by atoms with Crippen LogP contribution in [0.1, 0.15) is 37.5 Å². The van der Waals surface area contributed by atoms with Crippen LogP contribution in [0, 0.1) is 5.82 Å². The van der Waals surface area contributed by atoms with E-state index in [-0.39, 0.29) is 19.3 Å². The summed E-state index contributed by atoms with van der Waals surface area (Å²) in [5.74, 6) is -5.43. The second kappa shape index (κ2) is 16.1. The first kappa shape index (κ1) is 35.1. The lowest BCUT2D eigenvalue weighted by Gasteiger charge is -2.26. The number of amides is 5. The maximum absolute atomic E-state index is 13.5. The first-order chi connectivity index (χ1) is 21.7. The average Bonchev–Trinajstić information content (AvgIpc) is 3.01. The molecule has 0 fully saturated rings. The van der Waals surface area contributed by atoms with Gasteiger partial charge in [-0.25, -0.2) is 4.39 Å². The highest BCUT2D eigenvalue weighted by Gasteiger charge is 2.34. The topological polar surface area (TPSA) is 177 Å². The van der Waals surface area contributed by atoms with Crippen LogP contribution in [-0.2, 0) is 48.0 Å². The van der Waals surface area contributed by atoms with Crippen molar-refractivity contribution >= 4 is 35.3 Å². The molecule has 3 aromatic rings. The van der Waals surface area contributed by atoms with Crippen molar-refractivity contribution in [2.75, 3.05) is 0 Å². The van der Waals surface area contributed by atoms with Crippen molar-refractivity contribution in [3.8, 4) is 0 Å². The van der Waals surface area contributed by atoms with Crippen molar-refractivity contribution in [3.63, 3.8) is 0 Å². The van der Waals surface area contributed by atoms with Gasteiger partial charge >= 0.3 is 0 Å². The number of carbonyl (C=O) groups is 6. The lowest BCUT2D eigenvalue weighted by molar-refractivity contribution is -0.141. The van der Waals surface area contributed by atoms with E-state index in [0.717, 1.165) is 5.56 Å². The normalized spacial score (nSPS) is 13.0. The number of hydrogen-bond acceptors (Lipinski definition) is 6. The minimum Gasteiger partial charge on any atom is -0.368 e. The van der Waals surface area contributed by atoms with Crippen LogP contribution in [0.25, 0.3) is 0 Å². The number of nitrogens with two attached hydrogens (primary N) is 1. The van der Waals surface area contributed by atoms with Crippen LogP contribution in [-0.4, -0.2) is 59.0 Å². The molecule has 11 nitrogen and oxygen atoms in total. The molecule has 0 aliphatic rings. The minimum absolute atomic E-state index is 0.00549. The molecule has 3 rings (SSSR count). The number of carbonyl (C=O) groups excluding carboxylic acids is 6. The van der Waals surface area contributed by atoms with Gasteiger partial charge in [0.05, 0.1) is 12.5 Å².